The zero-order valence-corrected chi connectivity index (χ0v) is 9.94. The van der Waals surface area contributed by atoms with Gasteiger partial charge in [-0.3, -0.25) is 4.79 Å². The number of carbonyl (C=O) groups is 1. The van der Waals surface area contributed by atoms with Crippen LogP contribution in [-0.2, 0) is 0 Å². The molecule has 0 N–H and O–H groups in total. The minimum Gasteiger partial charge on any atom is -0.294 e. The molecule has 0 atom stereocenters. The molecule has 0 fully saturated rings. The first-order valence-electron chi connectivity index (χ1n) is 3.46. The number of halogens is 2. The third kappa shape index (κ3) is 2.17. The molecular formula is C9H5Br2NO. The lowest BCUT2D eigenvalue weighted by Gasteiger charge is -2.02. The van der Waals surface area contributed by atoms with E-state index >= 15 is 0 Å². The molecule has 0 aliphatic rings. The van der Waals surface area contributed by atoms with Crippen LogP contribution in [0.2, 0.25) is 0 Å². The second-order valence-corrected chi connectivity index (χ2v) is 4.19. The molecule has 0 spiro atoms. The standard InChI is InChI=1S/C9H5Br2NO/c1-5(13)7-2-6(4-12)8(10)3-9(7)11/h2-3H,1H3. The van der Waals surface area contributed by atoms with Gasteiger partial charge in [0.25, 0.3) is 0 Å². The summed E-state index contributed by atoms with van der Waals surface area (Å²) < 4.78 is 1.39. The Hall–Kier alpha value is -0.660. The van der Waals surface area contributed by atoms with Gasteiger partial charge < -0.3 is 0 Å². The minimum absolute atomic E-state index is 0.0594. The lowest BCUT2D eigenvalue weighted by Crippen LogP contribution is -1.95. The summed E-state index contributed by atoms with van der Waals surface area (Å²) in [5.74, 6) is -0.0594. The van der Waals surface area contributed by atoms with E-state index in [1.807, 2.05) is 6.07 Å². The molecule has 0 saturated carbocycles. The molecule has 0 radical (unpaired) electrons. The quantitative estimate of drug-likeness (QED) is 0.747. The van der Waals surface area contributed by atoms with Crippen molar-refractivity contribution in [1.29, 1.82) is 5.26 Å². The Kier molecular flexibility index (Phi) is 3.23. The van der Waals surface area contributed by atoms with Crippen LogP contribution in [0.4, 0.5) is 0 Å². The minimum atomic E-state index is -0.0594. The van der Waals surface area contributed by atoms with E-state index in [0.29, 0.717) is 20.1 Å². The third-order valence-electron chi connectivity index (χ3n) is 1.56. The van der Waals surface area contributed by atoms with Gasteiger partial charge in [-0.1, -0.05) is 15.9 Å². The Labute approximate surface area is 92.8 Å². The molecule has 66 valence electrons. The van der Waals surface area contributed by atoms with Gasteiger partial charge in [-0.05, 0) is 35.0 Å². The van der Waals surface area contributed by atoms with Crippen LogP contribution >= 0.6 is 31.9 Å². The fourth-order valence-corrected chi connectivity index (χ4v) is 2.27. The first-order chi connectivity index (χ1) is 6.06. The Morgan fingerprint density at radius 2 is 2.00 bits per heavy atom. The van der Waals surface area contributed by atoms with E-state index < -0.39 is 0 Å². The maximum Gasteiger partial charge on any atom is 0.160 e. The molecule has 13 heavy (non-hydrogen) atoms. The lowest BCUT2D eigenvalue weighted by molar-refractivity contribution is 0.101. The second kappa shape index (κ2) is 4.03. The van der Waals surface area contributed by atoms with Crippen LogP contribution in [0.3, 0.4) is 0 Å². The SMILES string of the molecule is CC(=O)c1cc(C#N)c(Br)cc1Br. The predicted octanol–water partition coefficient (Wildman–Crippen LogP) is 3.29. The number of nitrogens with zero attached hydrogens (tertiary/aromatic N) is 1. The topological polar surface area (TPSA) is 40.9 Å². The largest absolute Gasteiger partial charge is 0.294 e. The van der Waals surface area contributed by atoms with E-state index in [-0.39, 0.29) is 5.78 Å². The van der Waals surface area contributed by atoms with Gasteiger partial charge in [0.2, 0.25) is 0 Å². The molecule has 0 aliphatic carbocycles. The van der Waals surface area contributed by atoms with E-state index in [9.17, 15) is 4.79 Å². The summed E-state index contributed by atoms with van der Waals surface area (Å²) in [6.45, 7) is 1.47. The predicted molar refractivity (Wildman–Crippen MR) is 56.6 cm³/mol. The Morgan fingerprint density at radius 3 is 2.46 bits per heavy atom. The fraction of sp³-hybridized carbons (Fsp3) is 0.111. The van der Waals surface area contributed by atoms with Crippen molar-refractivity contribution in [3.8, 4) is 6.07 Å². The second-order valence-electron chi connectivity index (χ2n) is 2.48. The smallest absolute Gasteiger partial charge is 0.160 e. The van der Waals surface area contributed by atoms with Crippen LogP contribution in [0.1, 0.15) is 22.8 Å². The summed E-state index contributed by atoms with van der Waals surface area (Å²) in [5, 5.41) is 8.71. The highest BCUT2D eigenvalue weighted by atomic mass is 79.9. The monoisotopic (exact) mass is 301 g/mol. The molecule has 1 aromatic rings. The van der Waals surface area contributed by atoms with E-state index in [2.05, 4.69) is 31.9 Å². The molecule has 0 heterocycles. The first-order valence-corrected chi connectivity index (χ1v) is 5.05. The molecule has 1 rings (SSSR count). The molecule has 4 heteroatoms. The van der Waals surface area contributed by atoms with E-state index in [1.54, 1.807) is 12.1 Å². The summed E-state index contributed by atoms with van der Waals surface area (Å²) in [6, 6.07) is 5.27. The van der Waals surface area contributed by atoms with Crippen LogP contribution in [0.25, 0.3) is 0 Å². The number of ketones is 1. The highest BCUT2D eigenvalue weighted by molar-refractivity contribution is 9.11. The zero-order chi connectivity index (χ0) is 10.0. The fourth-order valence-electron chi connectivity index (χ4n) is 0.904. The number of Topliss-reactive ketones (excluding diaryl/α,β-unsaturated/α-hetero) is 1. The summed E-state index contributed by atoms with van der Waals surface area (Å²) in [4.78, 5) is 11.1. The summed E-state index contributed by atoms with van der Waals surface area (Å²) in [5.41, 5.74) is 0.994. The van der Waals surface area contributed by atoms with Gasteiger partial charge in [0.05, 0.1) is 5.56 Å². The highest BCUT2D eigenvalue weighted by Gasteiger charge is 2.09. The molecule has 1 aromatic carbocycles. The number of hydrogen-bond donors (Lipinski definition) is 0. The Balaban J connectivity index is 3.41. The summed E-state index contributed by atoms with van der Waals surface area (Å²) >= 11 is 6.48. The van der Waals surface area contributed by atoms with Crippen molar-refractivity contribution in [2.45, 2.75) is 6.92 Å². The molecule has 2 nitrogen and oxygen atoms in total. The van der Waals surface area contributed by atoms with E-state index in [4.69, 9.17) is 5.26 Å². The number of nitriles is 1. The van der Waals surface area contributed by atoms with Crippen molar-refractivity contribution in [3.63, 3.8) is 0 Å². The summed E-state index contributed by atoms with van der Waals surface area (Å²) in [6.07, 6.45) is 0. The Morgan fingerprint density at radius 1 is 1.38 bits per heavy atom. The molecule has 0 aromatic heterocycles. The van der Waals surface area contributed by atoms with Crippen molar-refractivity contribution in [2.24, 2.45) is 0 Å². The van der Waals surface area contributed by atoms with E-state index in [0.717, 1.165) is 0 Å². The Bertz CT molecular complexity index is 407. The van der Waals surface area contributed by atoms with Crippen molar-refractivity contribution in [1.82, 2.24) is 0 Å². The van der Waals surface area contributed by atoms with Gasteiger partial charge in [-0.2, -0.15) is 5.26 Å². The molecule has 0 aliphatic heterocycles. The van der Waals surface area contributed by atoms with Gasteiger partial charge in [0.1, 0.15) is 6.07 Å². The maximum atomic E-state index is 11.1. The van der Waals surface area contributed by atoms with Crippen LogP contribution in [0.5, 0.6) is 0 Å². The van der Waals surface area contributed by atoms with Crippen molar-refractivity contribution < 1.29 is 4.79 Å². The molecule has 0 unspecified atom stereocenters. The lowest BCUT2D eigenvalue weighted by atomic mass is 10.1. The van der Waals surface area contributed by atoms with Crippen LogP contribution in [-0.4, -0.2) is 5.78 Å². The average Bonchev–Trinajstić information content (AvgIpc) is 2.03. The van der Waals surface area contributed by atoms with Crippen LogP contribution < -0.4 is 0 Å². The van der Waals surface area contributed by atoms with E-state index in [1.165, 1.54) is 6.92 Å². The van der Waals surface area contributed by atoms with Crippen molar-refractivity contribution in [2.75, 3.05) is 0 Å². The van der Waals surface area contributed by atoms with Crippen LogP contribution in [0, 0.1) is 11.3 Å². The highest BCUT2D eigenvalue weighted by Crippen LogP contribution is 2.25. The number of rotatable bonds is 1. The number of carbonyl (C=O) groups excluding carboxylic acids is 1. The van der Waals surface area contributed by atoms with Gasteiger partial charge >= 0.3 is 0 Å². The third-order valence-corrected chi connectivity index (χ3v) is 2.87. The molecule has 0 saturated heterocycles. The van der Waals surface area contributed by atoms with Gasteiger partial charge in [-0.15, -0.1) is 0 Å². The maximum absolute atomic E-state index is 11.1. The van der Waals surface area contributed by atoms with Crippen LogP contribution in [0.15, 0.2) is 21.1 Å². The first kappa shape index (κ1) is 10.4. The van der Waals surface area contributed by atoms with Gasteiger partial charge in [0.15, 0.2) is 5.78 Å². The zero-order valence-electron chi connectivity index (χ0n) is 6.77. The average molecular weight is 303 g/mol. The summed E-state index contributed by atoms with van der Waals surface area (Å²) in [7, 11) is 0. The number of hydrogen-bond acceptors (Lipinski definition) is 2. The van der Waals surface area contributed by atoms with Crippen molar-refractivity contribution in [3.05, 3.63) is 32.2 Å². The number of benzene rings is 1. The van der Waals surface area contributed by atoms with Gasteiger partial charge in [-0.25, -0.2) is 0 Å². The molecular weight excluding hydrogens is 298 g/mol. The van der Waals surface area contributed by atoms with Crippen molar-refractivity contribution >= 4 is 37.6 Å². The molecule has 0 amide bonds. The van der Waals surface area contributed by atoms with Gasteiger partial charge in [0, 0.05) is 14.5 Å². The molecule has 0 bridgehead atoms. The normalized spacial score (nSPS) is 9.38.